The van der Waals surface area contributed by atoms with Gasteiger partial charge in [-0.3, -0.25) is 0 Å². The van der Waals surface area contributed by atoms with Crippen LogP contribution in [0, 0.1) is 0 Å². The molecule has 0 amide bonds. The van der Waals surface area contributed by atoms with Gasteiger partial charge in [0.15, 0.2) is 11.5 Å². The molecular weight excluding hydrogens is 240 g/mol. The fourth-order valence-corrected chi connectivity index (χ4v) is 2.63. The zero-order chi connectivity index (χ0) is 13.4. The highest BCUT2D eigenvalue weighted by Crippen LogP contribution is 2.43. The highest BCUT2D eigenvalue weighted by atomic mass is 16.5. The summed E-state index contributed by atoms with van der Waals surface area (Å²) in [5.74, 6) is 2.44. The second-order valence-electron chi connectivity index (χ2n) is 4.56. The number of benzene rings is 2. The van der Waals surface area contributed by atoms with E-state index in [-0.39, 0.29) is 0 Å². The van der Waals surface area contributed by atoms with Crippen LogP contribution < -0.4 is 14.2 Å². The fourth-order valence-electron chi connectivity index (χ4n) is 2.63. The number of rotatable bonds is 3. The van der Waals surface area contributed by atoms with E-state index >= 15 is 0 Å². The minimum Gasteiger partial charge on any atom is -0.497 e. The molecule has 0 atom stereocenters. The van der Waals surface area contributed by atoms with Crippen molar-refractivity contribution in [1.29, 1.82) is 0 Å². The molecule has 0 saturated carbocycles. The summed E-state index contributed by atoms with van der Waals surface area (Å²) in [6.07, 6.45) is 0.905. The van der Waals surface area contributed by atoms with E-state index in [9.17, 15) is 0 Å². The average molecular weight is 256 g/mol. The first-order valence-corrected chi connectivity index (χ1v) is 6.19. The van der Waals surface area contributed by atoms with Crippen LogP contribution in [-0.4, -0.2) is 21.3 Å². The molecule has 98 valence electrons. The Morgan fingerprint density at radius 1 is 0.737 bits per heavy atom. The predicted molar refractivity (Wildman–Crippen MR) is 74.3 cm³/mol. The molecule has 2 aromatic carbocycles. The van der Waals surface area contributed by atoms with Gasteiger partial charge in [0.2, 0.25) is 0 Å². The van der Waals surface area contributed by atoms with Crippen LogP contribution in [0.15, 0.2) is 30.3 Å². The highest BCUT2D eigenvalue weighted by molar-refractivity contribution is 5.79. The summed E-state index contributed by atoms with van der Waals surface area (Å²) in [5, 5.41) is 0. The second kappa shape index (κ2) is 4.50. The van der Waals surface area contributed by atoms with Gasteiger partial charge in [0.25, 0.3) is 0 Å². The first-order chi connectivity index (χ1) is 9.26. The van der Waals surface area contributed by atoms with Gasteiger partial charge >= 0.3 is 0 Å². The number of hydrogen-bond donors (Lipinski definition) is 0. The van der Waals surface area contributed by atoms with Crippen LogP contribution in [0.4, 0.5) is 0 Å². The monoisotopic (exact) mass is 256 g/mol. The van der Waals surface area contributed by atoms with Crippen molar-refractivity contribution in [2.45, 2.75) is 6.42 Å². The van der Waals surface area contributed by atoms with E-state index in [0.717, 1.165) is 23.7 Å². The van der Waals surface area contributed by atoms with Gasteiger partial charge in [0, 0.05) is 0 Å². The summed E-state index contributed by atoms with van der Waals surface area (Å²) in [5.41, 5.74) is 5.01. The lowest BCUT2D eigenvalue weighted by Crippen LogP contribution is -1.92. The van der Waals surface area contributed by atoms with Gasteiger partial charge in [-0.05, 0) is 52.9 Å². The largest absolute Gasteiger partial charge is 0.497 e. The quantitative estimate of drug-likeness (QED) is 0.719. The van der Waals surface area contributed by atoms with Crippen molar-refractivity contribution in [3.05, 3.63) is 41.5 Å². The van der Waals surface area contributed by atoms with Crippen molar-refractivity contribution in [1.82, 2.24) is 0 Å². The van der Waals surface area contributed by atoms with Gasteiger partial charge < -0.3 is 14.2 Å². The minimum atomic E-state index is 0.768. The Balaban J connectivity index is 2.13. The Morgan fingerprint density at radius 2 is 1.42 bits per heavy atom. The molecule has 1 aliphatic rings. The molecule has 19 heavy (non-hydrogen) atoms. The SMILES string of the molecule is COc1ccc2c(c1)Cc1cc(OC)c(OC)cc1-2. The predicted octanol–water partition coefficient (Wildman–Crippen LogP) is 3.28. The summed E-state index contributed by atoms with van der Waals surface area (Å²) < 4.78 is 16.0. The van der Waals surface area contributed by atoms with Crippen molar-refractivity contribution in [3.8, 4) is 28.4 Å². The Bertz CT molecular complexity index is 632. The van der Waals surface area contributed by atoms with Crippen molar-refractivity contribution >= 4 is 0 Å². The second-order valence-corrected chi connectivity index (χ2v) is 4.56. The highest BCUT2D eigenvalue weighted by Gasteiger charge is 2.21. The first kappa shape index (κ1) is 11.9. The van der Waals surface area contributed by atoms with Crippen LogP contribution in [0.5, 0.6) is 17.2 Å². The van der Waals surface area contributed by atoms with Crippen LogP contribution in [0.25, 0.3) is 11.1 Å². The van der Waals surface area contributed by atoms with E-state index in [0.29, 0.717) is 0 Å². The molecule has 0 aromatic heterocycles. The van der Waals surface area contributed by atoms with Crippen molar-refractivity contribution in [2.75, 3.05) is 21.3 Å². The van der Waals surface area contributed by atoms with Crippen LogP contribution in [0.2, 0.25) is 0 Å². The summed E-state index contributed by atoms with van der Waals surface area (Å²) in [4.78, 5) is 0. The van der Waals surface area contributed by atoms with E-state index in [2.05, 4.69) is 18.2 Å². The normalized spacial score (nSPS) is 11.7. The molecule has 0 N–H and O–H groups in total. The van der Waals surface area contributed by atoms with Crippen LogP contribution in [0.3, 0.4) is 0 Å². The zero-order valence-corrected chi connectivity index (χ0v) is 11.3. The minimum absolute atomic E-state index is 0.768. The van der Waals surface area contributed by atoms with Gasteiger partial charge in [0.1, 0.15) is 5.75 Å². The molecule has 0 radical (unpaired) electrons. The number of ether oxygens (including phenoxy) is 3. The molecular formula is C16H16O3. The zero-order valence-electron chi connectivity index (χ0n) is 11.3. The van der Waals surface area contributed by atoms with E-state index in [1.165, 1.54) is 22.3 Å². The lowest BCUT2D eigenvalue weighted by atomic mass is 10.1. The Hall–Kier alpha value is -2.16. The average Bonchev–Trinajstić information content (AvgIpc) is 2.81. The van der Waals surface area contributed by atoms with Crippen molar-refractivity contribution < 1.29 is 14.2 Å². The van der Waals surface area contributed by atoms with E-state index < -0.39 is 0 Å². The smallest absolute Gasteiger partial charge is 0.161 e. The van der Waals surface area contributed by atoms with Gasteiger partial charge in [-0.15, -0.1) is 0 Å². The van der Waals surface area contributed by atoms with Crippen LogP contribution in [0.1, 0.15) is 11.1 Å². The molecule has 0 unspecified atom stereocenters. The number of fused-ring (bicyclic) bond motifs is 3. The molecule has 3 heteroatoms. The number of hydrogen-bond acceptors (Lipinski definition) is 3. The maximum absolute atomic E-state index is 5.37. The lowest BCUT2D eigenvalue weighted by Gasteiger charge is -2.10. The third-order valence-corrected chi connectivity index (χ3v) is 3.59. The Labute approximate surface area is 112 Å². The summed E-state index contributed by atoms with van der Waals surface area (Å²) in [7, 11) is 5.01. The molecule has 3 nitrogen and oxygen atoms in total. The fraction of sp³-hybridized carbons (Fsp3) is 0.250. The van der Waals surface area contributed by atoms with Crippen LogP contribution in [-0.2, 0) is 6.42 Å². The summed E-state index contributed by atoms with van der Waals surface area (Å²) in [6.45, 7) is 0. The van der Waals surface area contributed by atoms with Gasteiger partial charge in [-0.1, -0.05) is 6.07 Å². The molecule has 0 bridgehead atoms. The molecule has 0 spiro atoms. The molecule has 0 aliphatic heterocycles. The van der Waals surface area contributed by atoms with E-state index in [4.69, 9.17) is 14.2 Å². The molecule has 3 rings (SSSR count). The van der Waals surface area contributed by atoms with Gasteiger partial charge in [-0.2, -0.15) is 0 Å². The summed E-state index contributed by atoms with van der Waals surface area (Å²) in [6, 6.07) is 10.3. The maximum Gasteiger partial charge on any atom is 0.161 e. The Kier molecular flexibility index (Phi) is 2.82. The Morgan fingerprint density at radius 3 is 2.11 bits per heavy atom. The first-order valence-electron chi connectivity index (χ1n) is 6.19. The molecule has 2 aromatic rings. The third kappa shape index (κ3) is 1.82. The molecule has 1 aliphatic carbocycles. The van der Waals surface area contributed by atoms with E-state index in [1.54, 1.807) is 21.3 Å². The van der Waals surface area contributed by atoms with Crippen molar-refractivity contribution in [3.63, 3.8) is 0 Å². The third-order valence-electron chi connectivity index (χ3n) is 3.59. The molecule has 0 saturated heterocycles. The standard InChI is InChI=1S/C16H16O3/c1-17-12-4-5-13-10(7-12)6-11-8-15(18-2)16(19-3)9-14(11)13/h4-5,7-9H,6H2,1-3H3. The topological polar surface area (TPSA) is 27.7 Å². The van der Waals surface area contributed by atoms with Crippen LogP contribution >= 0.6 is 0 Å². The van der Waals surface area contributed by atoms with Gasteiger partial charge in [-0.25, -0.2) is 0 Å². The lowest BCUT2D eigenvalue weighted by molar-refractivity contribution is 0.355. The molecule has 0 heterocycles. The molecule has 0 fully saturated rings. The van der Waals surface area contributed by atoms with E-state index in [1.807, 2.05) is 12.1 Å². The number of methoxy groups -OCH3 is 3. The van der Waals surface area contributed by atoms with Gasteiger partial charge in [0.05, 0.1) is 21.3 Å². The maximum atomic E-state index is 5.37. The summed E-state index contributed by atoms with van der Waals surface area (Å²) >= 11 is 0. The van der Waals surface area contributed by atoms with Crippen molar-refractivity contribution in [2.24, 2.45) is 0 Å².